The maximum atomic E-state index is 11.4. The van der Waals surface area contributed by atoms with Crippen molar-refractivity contribution in [3.63, 3.8) is 0 Å². The van der Waals surface area contributed by atoms with E-state index in [1.54, 1.807) is 30.3 Å². The van der Waals surface area contributed by atoms with E-state index in [0.717, 1.165) is 43.4 Å². The van der Waals surface area contributed by atoms with Gasteiger partial charge in [-0.05, 0) is 49.9 Å². The predicted octanol–water partition coefficient (Wildman–Crippen LogP) is 6.54. The van der Waals surface area contributed by atoms with Crippen molar-refractivity contribution in [2.75, 3.05) is 0 Å². The van der Waals surface area contributed by atoms with Crippen LogP contribution in [0.25, 0.3) is 28.1 Å². The highest BCUT2D eigenvalue weighted by molar-refractivity contribution is 7.27. The number of amides is 1. The second kappa shape index (κ2) is 19.1. The van der Waals surface area contributed by atoms with Crippen LogP contribution in [0.2, 0.25) is 0 Å². The van der Waals surface area contributed by atoms with Crippen molar-refractivity contribution >= 4 is 32.4 Å². The molecule has 1 atom stereocenters. The number of phenolic OH excluding ortho intramolecular Hbond substituents is 3. The Labute approximate surface area is 250 Å². The van der Waals surface area contributed by atoms with Crippen LogP contribution in [-0.4, -0.2) is 32.7 Å². The van der Waals surface area contributed by atoms with Crippen LogP contribution in [0.15, 0.2) is 59.3 Å². The van der Waals surface area contributed by atoms with Crippen molar-refractivity contribution in [3.8, 4) is 39.7 Å². The molecule has 9 nitrogen and oxygen atoms in total. The van der Waals surface area contributed by atoms with Crippen LogP contribution in [0.1, 0.15) is 78.3 Å². The van der Waals surface area contributed by atoms with Crippen molar-refractivity contribution in [1.29, 1.82) is 0 Å². The number of unbranched alkanes of at least 4 members (excludes halogenated alkanes) is 3. The third kappa shape index (κ3) is 10.7. The van der Waals surface area contributed by atoms with Crippen LogP contribution >= 0.6 is 9.24 Å². The van der Waals surface area contributed by atoms with Crippen LogP contribution in [0.4, 0.5) is 0 Å². The lowest BCUT2D eigenvalue weighted by Crippen LogP contribution is -2.12. The number of allylic oxidation sites excluding steroid dienone is 2. The molecule has 0 aliphatic heterocycles. The third-order valence-electron chi connectivity index (χ3n) is 6.17. The summed E-state index contributed by atoms with van der Waals surface area (Å²) in [5, 5.41) is 38.6. The largest absolute Gasteiger partial charge is 0.508 e. The molecular weight excluding hydrogens is 553 g/mol. The number of phenols is 3. The van der Waals surface area contributed by atoms with Crippen LogP contribution < -0.4 is 16.4 Å². The third-order valence-corrected chi connectivity index (χ3v) is 6.63. The summed E-state index contributed by atoms with van der Waals surface area (Å²) in [6.45, 7) is 12.0. The minimum Gasteiger partial charge on any atom is -0.508 e. The molecule has 6 N–H and O–H groups in total. The van der Waals surface area contributed by atoms with Gasteiger partial charge < -0.3 is 30.9 Å². The van der Waals surface area contributed by atoms with Gasteiger partial charge in [0.25, 0.3) is 0 Å². The first-order valence-corrected chi connectivity index (χ1v) is 14.6. The van der Waals surface area contributed by atoms with Crippen molar-refractivity contribution < 1.29 is 29.4 Å². The molecule has 0 saturated heterocycles. The van der Waals surface area contributed by atoms with Crippen LogP contribution in [0.3, 0.4) is 0 Å². The molecule has 1 heterocycles. The number of Topliss-reactive ketones (excluding diaryl/α,β-unsaturated/α-hetero) is 1. The first-order valence-electron chi connectivity index (χ1n) is 14.1. The zero-order chi connectivity index (χ0) is 31.7. The summed E-state index contributed by atoms with van der Waals surface area (Å²) in [6.07, 6.45) is 8.07. The number of aromatic nitrogens is 1. The van der Waals surface area contributed by atoms with Gasteiger partial charge in [-0.25, -0.2) is 0 Å². The quantitative estimate of drug-likeness (QED) is 0.0844. The van der Waals surface area contributed by atoms with E-state index >= 15 is 0 Å². The molecule has 10 heteroatoms. The molecule has 228 valence electrons. The Morgan fingerprint density at radius 3 is 2.21 bits per heavy atom. The number of rotatable bonds is 13. The van der Waals surface area contributed by atoms with E-state index in [2.05, 4.69) is 32.0 Å². The average molecular weight is 598 g/mol. The van der Waals surface area contributed by atoms with Crippen molar-refractivity contribution in [3.05, 3.63) is 60.4 Å². The molecule has 3 aromatic rings. The first kappa shape index (κ1) is 35.9. The van der Waals surface area contributed by atoms with E-state index in [1.165, 1.54) is 6.07 Å². The number of nitrogens with one attached hydrogen (secondary N) is 1. The number of hydrogen-bond donors (Lipinski definition) is 5. The number of aromatic hydroxyl groups is 3. The molecule has 3 rings (SSSR count). The molecule has 0 saturated carbocycles. The Balaban J connectivity index is 0.00000165. The van der Waals surface area contributed by atoms with Gasteiger partial charge in [0.15, 0.2) is 5.76 Å². The fraction of sp³-hybridized carbons (Fsp3) is 0.344. The van der Waals surface area contributed by atoms with Crippen molar-refractivity contribution in [2.45, 2.75) is 72.6 Å². The zero-order valence-corrected chi connectivity index (χ0v) is 26.1. The summed E-state index contributed by atoms with van der Waals surface area (Å²) in [4.78, 5) is 20.0. The lowest BCUT2D eigenvalue weighted by Gasteiger charge is -2.13. The number of carbonyl (C=O) groups is 2. The normalized spacial score (nSPS) is 10.5. The monoisotopic (exact) mass is 597 g/mol. The minimum absolute atomic E-state index is 0.0544. The fourth-order valence-corrected chi connectivity index (χ4v) is 4.29. The van der Waals surface area contributed by atoms with Crippen LogP contribution in [0.5, 0.6) is 17.2 Å². The van der Waals surface area contributed by atoms with Gasteiger partial charge in [0.05, 0.1) is 16.8 Å². The molecule has 42 heavy (non-hydrogen) atoms. The molecule has 2 aromatic carbocycles. The van der Waals surface area contributed by atoms with E-state index in [9.17, 15) is 20.1 Å². The SMILES string of the molecule is C=C(CCCCCCC(=O)CC)N/C(=C\C)c1noc(-c2cc(P)c(O)cc2O)c1-c1ccc(O)cc1.CC.NC=O. The van der Waals surface area contributed by atoms with E-state index in [-0.39, 0.29) is 23.7 Å². The molecule has 0 aliphatic carbocycles. The van der Waals surface area contributed by atoms with E-state index in [0.29, 0.717) is 52.2 Å². The highest BCUT2D eigenvalue weighted by atomic mass is 31.0. The smallest absolute Gasteiger partial charge is 0.204 e. The maximum absolute atomic E-state index is 11.4. The topological polar surface area (TPSA) is 159 Å². The molecule has 0 radical (unpaired) electrons. The number of hydrogen-bond acceptors (Lipinski definition) is 8. The molecule has 0 bridgehead atoms. The molecular formula is C32H44N3O6P. The van der Waals surface area contributed by atoms with E-state index in [4.69, 9.17) is 9.32 Å². The van der Waals surface area contributed by atoms with Gasteiger partial charge in [-0.3, -0.25) is 9.59 Å². The minimum atomic E-state index is -0.147. The van der Waals surface area contributed by atoms with Gasteiger partial charge in [0.2, 0.25) is 6.41 Å². The Morgan fingerprint density at radius 1 is 1.05 bits per heavy atom. The Kier molecular flexibility index (Phi) is 16.3. The van der Waals surface area contributed by atoms with Gasteiger partial charge in [-0.2, -0.15) is 0 Å². The maximum Gasteiger partial charge on any atom is 0.204 e. The molecule has 0 spiro atoms. The molecule has 0 fully saturated rings. The number of nitrogens with zero attached hydrogens (tertiary/aromatic N) is 1. The summed E-state index contributed by atoms with van der Waals surface area (Å²) in [5.74, 6) is 0.567. The first-order chi connectivity index (χ1) is 20.2. The van der Waals surface area contributed by atoms with Crippen LogP contribution in [-0.2, 0) is 9.59 Å². The summed E-state index contributed by atoms with van der Waals surface area (Å²) in [7, 11) is 2.43. The summed E-state index contributed by atoms with van der Waals surface area (Å²) in [6, 6.07) is 9.51. The second-order valence-electron chi connectivity index (χ2n) is 9.08. The summed E-state index contributed by atoms with van der Waals surface area (Å²) in [5.41, 5.74) is 7.95. The van der Waals surface area contributed by atoms with Crippen molar-refractivity contribution in [2.24, 2.45) is 5.73 Å². The van der Waals surface area contributed by atoms with Gasteiger partial charge in [0.1, 0.15) is 28.7 Å². The number of ketones is 1. The lowest BCUT2D eigenvalue weighted by molar-refractivity contribution is -0.118. The fourth-order valence-electron chi connectivity index (χ4n) is 4.04. The zero-order valence-electron chi connectivity index (χ0n) is 24.9. The summed E-state index contributed by atoms with van der Waals surface area (Å²) < 4.78 is 5.76. The molecule has 1 aromatic heterocycles. The lowest BCUT2D eigenvalue weighted by atomic mass is 9.97. The van der Waals surface area contributed by atoms with E-state index < -0.39 is 0 Å². The Hall–Kier alpha value is -4.10. The number of benzene rings is 2. The Bertz CT molecular complexity index is 1330. The highest BCUT2D eigenvalue weighted by Crippen LogP contribution is 2.42. The average Bonchev–Trinajstić information content (AvgIpc) is 3.41. The standard InChI is InChI=1S/C29H35N2O5P.C2H6.CH3NO/c1-4-20(32)11-9-7-6-8-10-18(3)30-23(5-2)28-27(19-12-14-21(33)15-13-19)29(36-31-28)22-16-26(37)25(35)17-24(22)34;1-2;2-1-3/h5,12-17,30,33-35H,3-4,6-11,37H2,1-2H3;1-2H3;1H,(H2,2,3)/b23-5-;;. The van der Waals surface area contributed by atoms with Gasteiger partial charge >= 0.3 is 0 Å². The molecule has 1 unspecified atom stereocenters. The predicted molar refractivity (Wildman–Crippen MR) is 172 cm³/mol. The van der Waals surface area contributed by atoms with Crippen molar-refractivity contribution in [1.82, 2.24) is 10.5 Å². The highest BCUT2D eigenvalue weighted by Gasteiger charge is 2.25. The number of carbonyl (C=O) groups excluding carboxylic acids is 2. The van der Waals surface area contributed by atoms with Gasteiger partial charge in [-0.1, -0.05) is 63.6 Å². The number of primary amides is 1. The summed E-state index contributed by atoms with van der Waals surface area (Å²) >= 11 is 0. The van der Waals surface area contributed by atoms with E-state index in [1.807, 2.05) is 33.8 Å². The second-order valence-corrected chi connectivity index (χ2v) is 9.71. The van der Waals surface area contributed by atoms with Gasteiger partial charge in [-0.15, -0.1) is 9.24 Å². The number of nitrogens with two attached hydrogens (primary N) is 1. The molecule has 0 aliphatic rings. The van der Waals surface area contributed by atoms with Gasteiger partial charge in [0, 0.05) is 29.9 Å². The Morgan fingerprint density at radius 2 is 1.64 bits per heavy atom. The van der Waals surface area contributed by atoms with Crippen LogP contribution in [0, 0.1) is 0 Å². The molecule has 1 amide bonds.